The number of rotatable bonds is 1. The zero-order chi connectivity index (χ0) is 5.28. The molecule has 1 saturated heterocycles. The minimum Gasteiger partial charge on any atom is -0.327 e. The molecule has 2 N–H and O–H groups in total. The molecule has 1 aliphatic rings. The Hall–Kier alpha value is 0.310. The predicted molar refractivity (Wildman–Crippen MR) is 34.5 cm³/mol. The van der Waals surface area contributed by atoms with Gasteiger partial charge in [0.05, 0.1) is 0 Å². The summed E-state index contributed by atoms with van der Waals surface area (Å²) in [5.41, 5.74) is 5.58. The third kappa shape index (κ3) is 1.10. The average molecular weight is 117 g/mol. The molecule has 0 aromatic rings. The van der Waals surface area contributed by atoms with Gasteiger partial charge < -0.3 is 5.73 Å². The van der Waals surface area contributed by atoms with E-state index < -0.39 is 0 Å². The second-order valence-corrected chi connectivity index (χ2v) is 3.40. The maximum atomic E-state index is 5.58. The molecule has 1 fully saturated rings. The third-order valence-electron chi connectivity index (χ3n) is 1.32. The van der Waals surface area contributed by atoms with Crippen LogP contribution in [0.1, 0.15) is 13.3 Å². The zero-order valence-electron chi connectivity index (χ0n) is 4.55. The molecule has 0 aliphatic carbocycles. The van der Waals surface area contributed by atoms with Crippen LogP contribution in [0.3, 0.4) is 0 Å². The van der Waals surface area contributed by atoms with E-state index in [1.54, 1.807) is 0 Å². The smallest absolute Gasteiger partial charge is 0.0204 e. The summed E-state index contributed by atoms with van der Waals surface area (Å²) < 4.78 is 0. The monoisotopic (exact) mass is 117 g/mol. The highest BCUT2D eigenvalue weighted by Crippen LogP contribution is 2.29. The Labute approximate surface area is 48.7 Å². The van der Waals surface area contributed by atoms with Gasteiger partial charge in [-0.05, 0) is 19.1 Å². The van der Waals surface area contributed by atoms with Crippen molar-refractivity contribution in [3.8, 4) is 0 Å². The Balaban J connectivity index is 2.14. The second kappa shape index (κ2) is 2.05. The van der Waals surface area contributed by atoms with Crippen molar-refractivity contribution in [3.05, 3.63) is 0 Å². The lowest BCUT2D eigenvalue weighted by Gasteiger charge is -2.27. The summed E-state index contributed by atoms with van der Waals surface area (Å²) in [6, 6.07) is 0.416. The van der Waals surface area contributed by atoms with Gasteiger partial charge in [0.2, 0.25) is 0 Å². The molecule has 2 unspecified atom stereocenters. The van der Waals surface area contributed by atoms with Crippen LogP contribution in [0.25, 0.3) is 0 Å². The van der Waals surface area contributed by atoms with Crippen LogP contribution in [0.4, 0.5) is 0 Å². The summed E-state index contributed by atoms with van der Waals surface area (Å²) in [4.78, 5) is 0. The molecule has 1 rings (SSSR count). The number of hydrogen-bond donors (Lipinski definition) is 1. The van der Waals surface area contributed by atoms with Gasteiger partial charge in [-0.3, -0.25) is 0 Å². The minimum atomic E-state index is 0.416. The molecule has 0 spiro atoms. The molecule has 0 bridgehead atoms. The van der Waals surface area contributed by atoms with Gasteiger partial charge in [0.25, 0.3) is 0 Å². The van der Waals surface area contributed by atoms with E-state index in [2.05, 4.69) is 6.92 Å². The van der Waals surface area contributed by atoms with Gasteiger partial charge in [-0.25, -0.2) is 0 Å². The molecular formula is C5H11NS. The highest BCUT2D eigenvalue weighted by Gasteiger charge is 2.21. The van der Waals surface area contributed by atoms with Gasteiger partial charge >= 0.3 is 0 Å². The Morgan fingerprint density at radius 3 is 2.43 bits per heavy atom. The van der Waals surface area contributed by atoms with Gasteiger partial charge in [-0.1, -0.05) is 0 Å². The first-order valence-electron chi connectivity index (χ1n) is 2.68. The average Bonchev–Trinajstić information content (AvgIpc) is 1.23. The van der Waals surface area contributed by atoms with Crippen molar-refractivity contribution in [2.24, 2.45) is 5.73 Å². The van der Waals surface area contributed by atoms with Gasteiger partial charge in [0.1, 0.15) is 0 Å². The first kappa shape index (κ1) is 5.45. The Morgan fingerprint density at radius 1 is 1.86 bits per heavy atom. The van der Waals surface area contributed by atoms with Crippen LogP contribution in [0.2, 0.25) is 0 Å². The van der Waals surface area contributed by atoms with Crippen LogP contribution in [-0.4, -0.2) is 17.0 Å². The lowest BCUT2D eigenvalue weighted by atomic mass is 10.2. The molecule has 0 saturated carbocycles. The van der Waals surface area contributed by atoms with Crippen LogP contribution in [0.15, 0.2) is 0 Å². The van der Waals surface area contributed by atoms with E-state index in [-0.39, 0.29) is 0 Å². The second-order valence-electron chi connectivity index (χ2n) is 2.06. The molecule has 0 radical (unpaired) electrons. The minimum absolute atomic E-state index is 0.416. The van der Waals surface area contributed by atoms with Crippen LogP contribution in [0.5, 0.6) is 0 Å². The van der Waals surface area contributed by atoms with E-state index in [4.69, 9.17) is 5.73 Å². The highest BCUT2D eigenvalue weighted by molar-refractivity contribution is 8.01. The fourth-order valence-corrected chi connectivity index (χ4v) is 1.48. The first-order chi connectivity index (χ1) is 3.30. The highest BCUT2D eigenvalue weighted by atomic mass is 32.2. The van der Waals surface area contributed by atoms with E-state index >= 15 is 0 Å². The van der Waals surface area contributed by atoms with E-state index in [0.29, 0.717) is 6.04 Å². The van der Waals surface area contributed by atoms with Gasteiger partial charge in [0, 0.05) is 11.3 Å². The Bertz CT molecular complexity index is 59.1. The summed E-state index contributed by atoms with van der Waals surface area (Å²) in [5, 5.41) is 0.778. The zero-order valence-corrected chi connectivity index (χ0v) is 5.37. The normalized spacial score (nSPS) is 34.3. The lowest BCUT2D eigenvalue weighted by molar-refractivity contribution is 0.647. The van der Waals surface area contributed by atoms with Gasteiger partial charge in [-0.2, -0.15) is 11.8 Å². The van der Waals surface area contributed by atoms with Crippen molar-refractivity contribution in [1.82, 2.24) is 0 Å². The fraction of sp³-hybridized carbons (Fsp3) is 1.00. The molecule has 0 amide bonds. The molecule has 2 heteroatoms. The Kier molecular flexibility index (Phi) is 1.60. The van der Waals surface area contributed by atoms with E-state index in [0.717, 1.165) is 5.25 Å². The van der Waals surface area contributed by atoms with Crippen molar-refractivity contribution in [2.75, 3.05) is 5.75 Å². The van der Waals surface area contributed by atoms with Crippen LogP contribution in [0, 0.1) is 0 Å². The molecule has 2 atom stereocenters. The number of thioether (sulfide) groups is 1. The number of nitrogens with two attached hydrogens (primary N) is 1. The molecular weight excluding hydrogens is 106 g/mol. The maximum absolute atomic E-state index is 5.58. The van der Waals surface area contributed by atoms with Crippen LogP contribution < -0.4 is 5.73 Å². The first-order valence-corrected chi connectivity index (χ1v) is 3.73. The maximum Gasteiger partial charge on any atom is 0.0204 e. The molecule has 0 aromatic heterocycles. The third-order valence-corrected chi connectivity index (χ3v) is 2.89. The fourth-order valence-electron chi connectivity index (χ4n) is 0.669. The lowest BCUT2D eigenvalue weighted by Crippen LogP contribution is -2.34. The molecule has 1 heterocycles. The van der Waals surface area contributed by atoms with Crippen molar-refractivity contribution in [2.45, 2.75) is 24.6 Å². The van der Waals surface area contributed by atoms with Crippen molar-refractivity contribution < 1.29 is 0 Å². The van der Waals surface area contributed by atoms with Crippen LogP contribution >= 0.6 is 11.8 Å². The van der Waals surface area contributed by atoms with Gasteiger partial charge in [-0.15, -0.1) is 0 Å². The van der Waals surface area contributed by atoms with E-state index in [9.17, 15) is 0 Å². The summed E-state index contributed by atoms with van der Waals surface area (Å²) in [5.74, 6) is 1.33. The summed E-state index contributed by atoms with van der Waals surface area (Å²) >= 11 is 1.99. The van der Waals surface area contributed by atoms with Crippen molar-refractivity contribution >= 4 is 11.8 Å². The molecule has 1 nitrogen and oxygen atoms in total. The molecule has 7 heavy (non-hydrogen) atoms. The topological polar surface area (TPSA) is 26.0 Å². The van der Waals surface area contributed by atoms with Crippen molar-refractivity contribution in [1.29, 1.82) is 0 Å². The summed E-state index contributed by atoms with van der Waals surface area (Å²) in [6.07, 6.45) is 1.34. The quantitative estimate of drug-likeness (QED) is 0.550. The van der Waals surface area contributed by atoms with Crippen LogP contribution in [-0.2, 0) is 0 Å². The SMILES string of the molecule is CC(N)C1CCS1. The number of hydrogen-bond acceptors (Lipinski definition) is 2. The largest absolute Gasteiger partial charge is 0.327 e. The Morgan fingerprint density at radius 2 is 2.43 bits per heavy atom. The molecule has 42 valence electrons. The van der Waals surface area contributed by atoms with E-state index in [1.807, 2.05) is 11.8 Å². The standard InChI is InChI=1S/C5H11NS/c1-4(6)5-2-3-7-5/h4-5H,2-3,6H2,1H3. The van der Waals surface area contributed by atoms with Gasteiger partial charge in [0.15, 0.2) is 0 Å². The molecule has 0 aromatic carbocycles. The summed E-state index contributed by atoms with van der Waals surface area (Å²) in [7, 11) is 0. The predicted octanol–water partition coefficient (Wildman–Crippen LogP) is 0.839. The van der Waals surface area contributed by atoms with Crippen molar-refractivity contribution in [3.63, 3.8) is 0 Å². The molecule has 1 aliphatic heterocycles. The summed E-state index contributed by atoms with van der Waals surface area (Å²) in [6.45, 7) is 2.08. The van der Waals surface area contributed by atoms with E-state index in [1.165, 1.54) is 12.2 Å².